The molecular formula is C15H26N6O7S. The first-order valence-electron chi connectivity index (χ1n) is 8.46. The number of rotatable bonds is 13. The van der Waals surface area contributed by atoms with Gasteiger partial charge in [-0.05, 0) is 13.3 Å². The van der Waals surface area contributed by atoms with Crippen molar-refractivity contribution in [2.45, 2.75) is 50.4 Å². The van der Waals surface area contributed by atoms with Crippen LogP contribution in [0.1, 0.15) is 26.2 Å². The minimum absolute atomic E-state index is 0.0782. The molecule has 0 aliphatic rings. The third-order valence-electron chi connectivity index (χ3n) is 3.63. The average molecular weight is 434 g/mol. The molecule has 0 aliphatic heterocycles. The molecule has 0 aromatic rings. The molecule has 5 amide bonds. The molecule has 0 aliphatic carbocycles. The lowest BCUT2D eigenvalue weighted by atomic mass is 10.1. The third-order valence-corrected chi connectivity index (χ3v) is 3.99. The lowest BCUT2D eigenvalue weighted by molar-refractivity contribution is -0.141. The maximum absolute atomic E-state index is 12.3. The van der Waals surface area contributed by atoms with E-state index in [0.717, 1.165) is 0 Å². The molecule has 14 heteroatoms. The van der Waals surface area contributed by atoms with Crippen LogP contribution >= 0.6 is 12.6 Å². The Bertz CT molecular complexity index is 659. The van der Waals surface area contributed by atoms with E-state index in [0.29, 0.717) is 0 Å². The van der Waals surface area contributed by atoms with Crippen molar-refractivity contribution in [3.63, 3.8) is 0 Å². The number of primary amides is 2. The SMILES string of the molecule is CC(NC(=O)C(CC(N)=O)NC(=O)C(N)CCC(N)=O)C(=O)NC(CS)C(=O)O. The van der Waals surface area contributed by atoms with E-state index < -0.39 is 66.1 Å². The summed E-state index contributed by atoms with van der Waals surface area (Å²) in [5, 5.41) is 15.5. The van der Waals surface area contributed by atoms with E-state index in [1.807, 2.05) is 0 Å². The van der Waals surface area contributed by atoms with Gasteiger partial charge in [0.15, 0.2) is 0 Å². The number of carbonyl (C=O) groups is 6. The van der Waals surface area contributed by atoms with Crippen molar-refractivity contribution in [2.75, 3.05) is 5.75 Å². The van der Waals surface area contributed by atoms with Gasteiger partial charge < -0.3 is 38.3 Å². The Morgan fingerprint density at radius 2 is 1.45 bits per heavy atom. The first-order valence-corrected chi connectivity index (χ1v) is 9.09. The largest absolute Gasteiger partial charge is 0.480 e. The van der Waals surface area contributed by atoms with Gasteiger partial charge in [-0.1, -0.05) is 0 Å². The van der Waals surface area contributed by atoms with Crippen molar-refractivity contribution in [3.8, 4) is 0 Å². The van der Waals surface area contributed by atoms with E-state index in [1.54, 1.807) is 0 Å². The van der Waals surface area contributed by atoms with Crippen LogP contribution in [-0.4, -0.2) is 70.5 Å². The number of hydrogen-bond donors (Lipinski definition) is 8. The summed E-state index contributed by atoms with van der Waals surface area (Å²) in [6, 6.07) is -5.07. The van der Waals surface area contributed by atoms with Gasteiger partial charge in [0.25, 0.3) is 0 Å². The molecule has 13 nitrogen and oxygen atoms in total. The van der Waals surface area contributed by atoms with Crippen LogP contribution in [0.25, 0.3) is 0 Å². The topological polar surface area (TPSA) is 237 Å². The first kappa shape index (κ1) is 26.1. The molecule has 0 fully saturated rings. The monoisotopic (exact) mass is 434 g/mol. The summed E-state index contributed by atoms with van der Waals surface area (Å²) in [4.78, 5) is 69.3. The Morgan fingerprint density at radius 1 is 0.897 bits per heavy atom. The molecule has 0 aromatic carbocycles. The number of carboxylic acid groups (broad SMARTS) is 1. The fourth-order valence-corrected chi connectivity index (χ4v) is 2.23. The van der Waals surface area contributed by atoms with Crippen LogP contribution in [0.4, 0.5) is 0 Å². The minimum atomic E-state index is -1.44. The molecule has 0 heterocycles. The molecule has 10 N–H and O–H groups in total. The highest BCUT2D eigenvalue weighted by atomic mass is 32.1. The van der Waals surface area contributed by atoms with E-state index in [4.69, 9.17) is 22.3 Å². The van der Waals surface area contributed by atoms with E-state index in [2.05, 4.69) is 28.6 Å². The summed E-state index contributed by atoms with van der Waals surface area (Å²) in [6.07, 6.45) is -0.817. The number of carbonyl (C=O) groups excluding carboxylic acids is 5. The highest BCUT2D eigenvalue weighted by molar-refractivity contribution is 7.80. The van der Waals surface area contributed by atoms with Gasteiger partial charge in [-0.2, -0.15) is 12.6 Å². The number of nitrogens with two attached hydrogens (primary N) is 3. The molecule has 164 valence electrons. The maximum atomic E-state index is 12.3. The van der Waals surface area contributed by atoms with Crippen molar-refractivity contribution in [1.82, 2.24) is 16.0 Å². The second-order valence-corrected chi connectivity index (χ2v) is 6.52. The number of thiol groups is 1. The zero-order valence-electron chi connectivity index (χ0n) is 15.7. The predicted octanol–water partition coefficient (Wildman–Crippen LogP) is -4.06. The van der Waals surface area contributed by atoms with Gasteiger partial charge in [0.05, 0.1) is 12.5 Å². The Hall–Kier alpha value is -2.87. The van der Waals surface area contributed by atoms with Crippen LogP contribution in [0, 0.1) is 0 Å². The van der Waals surface area contributed by atoms with Gasteiger partial charge in [0, 0.05) is 12.2 Å². The summed E-state index contributed by atoms with van der Waals surface area (Å²) in [6.45, 7) is 1.27. The van der Waals surface area contributed by atoms with Crippen molar-refractivity contribution in [2.24, 2.45) is 17.2 Å². The van der Waals surface area contributed by atoms with Crippen molar-refractivity contribution in [1.29, 1.82) is 0 Å². The first-order chi connectivity index (χ1) is 13.4. The zero-order chi connectivity index (χ0) is 22.7. The van der Waals surface area contributed by atoms with Crippen LogP contribution < -0.4 is 33.2 Å². The van der Waals surface area contributed by atoms with E-state index in [1.165, 1.54) is 6.92 Å². The molecule has 4 unspecified atom stereocenters. The van der Waals surface area contributed by atoms with Crippen LogP contribution in [-0.2, 0) is 28.8 Å². The van der Waals surface area contributed by atoms with Gasteiger partial charge in [-0.15, -0.1) is 0 Å². The summed E-state index contributed by atoms with van der Waals surface area (Å²) in [7, 11) is 0. The molecule has 0 radical (unpaired) electrons. The zero-order valence-corrected chi connectivity index (χ0v) is 16.6. The molecule has 4 atom stereocenters. The standard InChI is InChI=1S/C15H26N6O7S/c1-6(12(24)21-9(5-29)15(27)28)19-14(26)8(4-11(18)23)20-13(25)7(16)2-3-10(17)22/h6-9,29H,2-5,16H2,1H3,(H2,17,22)(H2,18,23)(H,19,26)(H,20,25)(H,21,24)(H,27,28). The average Bonchev–Trinajstić information content (AvgIpc) is 2.62. The molecule has 0 bridgehead atoms. The molecule has 0 rings (SSSR count). The second-order valence-electron chi connectivity index (χ2n) is 6.16. The van der Waals surface area contributed by atoms with Gasteiger partial charge in [-0.3, -0.25) is 24.0 Å². The van der Waals surface area contributed by atoms with Crippen LogP contribution in [0.2, 0.25) is 0 Å². The van der Waals surface area contributed by atoms with Crippen molar-refractivity contribution >= 4 is 48.1 Å². The summed E-state index contributed by atoms with van der Waals surface area (Å²) in [5.74, 6) is -5.62. The number of hydrogen-bond acceptors (Lipinski definition) is 8. The number of amides is 5. The summed E-state index contributed by atoms with van der Waals surface area (Å²) < 4.78 is 0. The molecule has 29 heavy (non-hydrogen) atoms. The maximum Gasteiger partial charge on any atom is 0.327 e. The van der Waals surface area contributed by atoms with Gasteiger partial charge in [0.2, 0.25) is 29.5 Å². The summed E-state index contributed by atoms with van der Waals surface area (Å²) >= 11 is 3.80. The van der Waals surface area contributed by atoms with E-state index in [9.17, 15) is 28.8 Å². The number of aliphatic carboxylic acids is 1. The van der Waals surface area contributed by atoms with Gasteiger partial charge in [0.1, 0.15) is 18.1 Å². The Morgan fingerprint density at radius 3 is 1.90 bits per heavy atom. The normalized spacial score (nSPS) is 14.6. The Kier molecular flexibility index (Phi) is 11.3. The molecule has 0 spiro atoms. The molecule has 0 aromatic heterocycles. The van der Waals surface area contributed by atoms with Gasteiger partial charge in [-0.25, -0.2) is 4.79 Å². The smallest absolute Gasteiger partial charge is 0.327 e. The summed E-state index contributed by atoms with van der Waals surface area (Å²) in [5.41, 5.74) is 15.6. The van der Waals surface area contributed by atoms with Crippen molar-refractivity contribution in [3.05, 3.63) is 0 Å². The van der Waals surface area contributed by atoms with Crippen LogP contribution in [0.5, 0.6) is 0 Å². The lowest BCUT2D eigenvalue weighted by Crippen LogP contribution is -2.57. The molecule has 0 saturated carbocycles. The third kappa shape index (κ3) is 10.3. The molecule has 0 saturated heterocycles. The number of carboxylic acids is 1. The quantitative estimate of drug-likeness (QED) is 0.132. The highest BCUT2D eigenvalue weighted by Crippen LogP contribution is 1.99. The second kappa shape index (κ2) is 12.6. The molecular weight excluding hydrogens is 408 g/mol. The Labute approximate surface area is 171 Å². The van der Waals surface area contributed by atoms with E-state index >= 15 is 0 Å². The van der Waals surface area contributed by atoms with Crippen molar-refractivity contribution < 1.29 is 33.9 Å². The van der Waals surface area contributed by atoms with Crippen LogP contribution in [0.3, 0.4) is 0 Å². The fourth-order valence-electron chi connectivity index (χ4n) is 1.98. The number of nitrogens with one attached hydrogen (secondary N) is 3. The Balaban J connectivity index is 5.00. The van der Waals surface area contributed by atoms with Crippen LogP contribution in [0.15, 0.2) is 0 Å². The van der Waals surface area contributed by atoms with E-state index in [-0.39, 0.29) is 18.6 Å². The predicted molar refractivity (Wildman–Crippen MR) is 103 cm³/mol. The lowest BCUT2D eigenvalue weighted by Gasteiger charge is -2.22. The minimum Gasteiger partial charge on any atom is -0.480 e. The highest BCUT2D eigenvalue weighted by Gasteiger charge is 2.29. The fraction of sp³-hybridized carbons (Fsp3) is 0.600. The van der Waals surface area contributed by atoms with Gasteiger partial charge >= 0.3 is 5.97 Å².